The predicted octanol–water partition coefficient (Wildman–Crippen LogP) is 0.461. The molecule has 10 heteroatoms. The molecule has 0 aliphatic heterocycles. The van der Waals surface area contributed by atoms with Crippen LogP contribution in [0.25, 0.3) is 10.4 Å². The summed E-state index contributed by atoms with van der Waals surface area (Å²) in [7, 11) is 0. The van der Waals surface area contributed by atoms with Crippen LogP contribution in [0.5, 0.6) is 0 Å². The van der Waals surface area contributed by atoms with Crippen LogP contribution in [-0.4, -0.2) is 56.1 Å². The Kier molecular flexibility index (Phi) is 21.3. The van der Waals surface area contributed by atoms with Gasteiger partial charge in [-0.25, -0.2) is 0 Å². The van der Waals surface area contributed by atoms with E-state index >= 15 is 0 Å². The van der Waals surface area contributed by atoms with Crippen LogP contribution in [0.2, 0.25) is 0 Å². The van der Waals surface area contributed by atoms with Crippen molar-refractivity contribution >= 4 is 24.1 Å². The Bertz CT molecular complexity index is 398. The summed E-state index contributed by atoms with van der Waals surface area (Å²) in [5.74, 6) is -1.16. The minimum absolute atomic E-state index is 0. The first-order chi connectivity index (χ1) is 9.94. The summed E-state index contributed by atoms with van der Waals surface area (Å²) in [6.07, 6.45) is -0.935. The van der Waals surface area contributed by atoms with Gasteiger partial charge in [0, 0.05) is 44.2 Å². The van der Waals surface area contributed by atoms with Crippen molar-refractivity contribution in [2.75, 3.05) is 19.8 Å². The third-order valence-electron chi connectivity index (χ3n) is 2.02. The van der Waals surface area contributed by atoms with Crippen molar-refractivity contribution in [3.63, 3.8) is 0 Å². The summed E-state index contributed by atoms with van der Waals surface area (Å²) in [5, 5.41) is 3.18. The van der Waals surface area contributed by atoms with Crippen LogP contribution in [0.4, 0.5) is 0 Å². The number of aldehydes is 2. The number of ketones is 2. The average Bonchev–Trinajstić information content (AvgIpc) is 2.50. The first-order valence-corrected chi connectivity index (χ1v) is 5.95. The molecule has 0 N–H and O–H groups in total. The van der Waals surface area contributed by atoms with Crippen molar-refractivity contribution in [1.82, 2.24) is 0 Å². The Morgan fingerprint density at radius 3 is 2.00 bits per heavy atom. The molecule has 0 fully saturated rings. The minimum Gasteiger partial charge on any atom is -0.402 e. The quantitative estimate of drug-likeness (QED) is 0.101. The molecule has 0 rings (SSSR count). The van der Waals surface area contributed by atoms with Crippen LogP contribution in [-0.2, 0) is 61.4 Å². The zero-order chi connectivity index (χ0) is 16.7. The maximum absolute atomic E-state index is 10.6. The summed E-state index contributed by atoms with van der Waals surface area (Å²) in [5.41, 5.74) is 7.87. The molecule has 0 saturated heterocycles. The number of azide groups is 1. The molecule has 0 spiro atoms. The van der Waals surface area contributed by atoms with Gasteiger partial charge in [0.05, 0.1) is 6.61 Å². The largest absolute Gasteiger partial charge is 0.402 e. The molecular formula is C12H18N3O6Y-. The summed E-state index contributed by atoms with van der Waals surface area (Å²) in [6, 6.07) is 0. The fourth-order valence-corrected chi connectivity index (χ4v) is 0.848. The summed E-state index contributed by atoms with van der Waals surface area (Å²) in [4.78, 5) is 43.1. The molecule has 121 valence electrons. The zero-order valence-electron chi connectivity index (χ0n) is 12.5. The van der Waals surface area contributed by atoms with E-state index in [0.29, 0.717) is 0 Å². The Hall–Kier alpha value is -0.986. The van der Waals surface area contributed by atoms with Crippen LogP contribution in [0.1, 0.15) is 13.8 Å². The summed E-state index contributed by atoms with van der Waals surface area (Å²) < 4.78 is 9.55. The first kappa shape index (κ1) is 25.9. The Balaban J connectivity index is -0.000000326. The van der Waals surface area contributed by atoms with E-state index in [4.69, 9.17) is 15.0 Å². The molecule has 0 heterocycles. The number of hydrogen-bond acceptors (Lipinski definition) is 7. The van der Waals surface area contributed by atoms with Gasteiger partial charge in [0.25, 0.3) is 0 Å². The number of nitrogens with zero attached hydrogens (tertiary/aromatic N) is 3. The predicted molar refractivity (Wildman–Crippen MR) is 72.3 cm³/mol. The third-order valence-corrected chi connectivity index (χ3v) is 2.02. The van der Waals surface area contributed by atoms with Gasteiger partial charge in [-0.2, -0.15) is 0 Å². The Labute approximate surface area is 153 Å². The van der Waals surface area contributed by atoms with Crippen LogP contribution in [0.3, 0.4) is 0 Å². The normalized spacial score (nSPS) is 11.4. The van der Waals surface area contributed by atoms with E-state index in [1.807, 2.05) is 0 Å². The molecular weight excluding hydrogens is 371 g/mol. The van der Waals surface area contributed by atoms with Crippen molar-refractivity contribution in [2.45, 2.75) is 26.1 Å². The maximum atomic E-state index is 10.6. The van der Waals surface area contributed by atoms with E-state index in [0.717, 1.165) is 0 Å². The second-order valence-corrected chi connectivity index (χ2v) is 3.52. The smallest absolute Gasteiger partial charge is 0.223 e. The van der Waals surface area contributed by atoms with E-state index in [1.165, 1.54) is 13.8 Å². The summed E-state index contributed by atoms with van der Waals surface area (Å²) >= 11 is 0. The molecule has 0 aromatic heterocycles. The Morgan fingerprint density at radius 2 is 1.64 bits per heavy atom. The number of rotatable bonds is 10. The van der Waals surface area contributed by atoms with Crippen molar-refractivity contribution in [3.05, 3.63) is 17.4 Å². The third kappa shape index (κ3) is 15.4. The minimum atomic E-state index is -0.753. The fourth-order valence-electron chi connectivity index (χ4n) is 0.848. The van der Waals surface area contributed by atoms with Gasteiger partial charge in [-0.15, -0.1) is 0 Å². The van der Waals surface area contributed by atoms with Gasteiger partial charge in [0.15, 0.2) is 12.6 Å². The van der Waals surface area contributed by atoms with E-state index in [2.05, 4.69) is 16.9 Å². The van der Waals surface area contributed by atoms with Crippen LogP contribution >= 0.6 is 0 Å². The molecule has 0 amide bonds. The van der Waals surface area contributed by atoms with Gasteiger partial charge < -0.3 is 16.4 Å². The van der Waals surface area contributed by atoms with Gasteiger partial charge in [0.1, 0.15) is 12.2 Å². The Morgan fingerprint density at radius 1 is 1.18 bits per heavy atom. The topological polar surface area (TPSA) is 136 Å². The second-order valence-electron chi connectivity index (χ2n) is 3.52. The molecule has 9 nitrogen and oxygen atoms in total. The van der Waals surface area contributed by atoms with Crippen molar-refractivity contribution < 1.29 is 61.4 Å². The molecule has 0 bridgehead atoms. The fraction of sp³-hybridized carbons (Fsp3) is 0.583. The molecule has 2 atom stereocenters. The second kappa shape index (κ2) is 18.1. The number of carbonyl (C=O) groups excluding carboxylic acids is 4. The van der Waals surface area contributed by atoms with E-state index in [1.54, 1.807) is 0 Å². The number of carbonyl (C=O) groups is 4. The molecule has 0 saturated carbocycles. The molecule has 0 aliphatic carbocycles. The molecule has 1 radical (unpaired) electrons. The van der Waals surface area contributed by atoms with Crippen LogP contribution in [0, 0.1) is 6.92 Å². The average molecular weight is 389 g/mol. The molecule has 0 aromatic carbocycles. The van der Waals surface area contributed by atoms with E-state index in [9.17, 15) is 19.2 Å². The van der Waals surface area contributed by atoms with E-state index in [-0.39, 0.29) is 65.0 Å². The molecule has 0 aliphatic rings. The van der Waals surface area contributed by atoms with Crippen LogP contribution in [0.15, 0.2) is 5.11 Å². The zero-order valence-corrected chi connectivity index (χ0v) is 15.3. The van der Waals surface area contributed by atoms with Gasteiger partial charge in [-0.3, -0.25) is 19.2 Å². The number of Topliss-reactive ketones (excluding diaryl/α,β-unsaturated/α-hetero) is 2. The SMILES string of the molecule is CC(OCCN=[N+]=[N-])C(=O)C=O.[CH2-]COC(C)C(=O)C=O.[Y]. The van der Waals surface area contributed by atoms with Gasteiger partial charge in [-0.1, -0.05) is 11.7 Å². The molecule has 2 unspecified atom stereocenters. The van der Waals surface area contributed by atoms with Gasteiger partial charge >= 0.3 is 0 Å². The van der Waals surface area contributed by atoms with Gasteiger partial charge in [-0.05, 0) is 19.4 Å². The number of hydrogen-bond donors (Lipinski definition) is 0. The van der Waals surface area contributed by atoms with E-state index < -0.39 is 23.8 Å². The van der Waals surface area contributed by atoms with Crippen molar-refractivity contribution in [3.8, 4) is 0 Å². The first-order valence-electron chi connectivity index (χ1n) is 5.95. The summed E-state index contributed by atoms with van der Waals surface area (Å²) in [6.45, 7) is 6.85. The van der Waals surface area contributed by atoms with Crippen LogP contribution < -0.4 is 0 Å². The molecule has 22 heavy (non-hydrogen) atoms. The van der Waals surface area contributed by atoms with Crippen molar-refractivity contribution in [1.29, 1.82) is 0 Å². The number of ether oxygens (including phenoxy) is 2. The van der Waals surface area contributed by atoms with Crippen molar-refractivity contribution in [2.24, 2.45) is 5.11 Å². The molecule has 0 aromatic rings. The standard InChI is InChI=1S/C6H9N3O3.C6H9O3.Y/c1-5(6(11)4-10)12-3-2-8-9-7;1-3-9-5(2)6(8)4-7;/h4-5H,2-3H2,1H3;4-5H,1,3H2,2H3;/q;-1;. The monoisotopic (exact) mass is 389 g/mol. The maximum Gasteiger partial charge on any atom is 0.223 e. The van der Waals surface area contributed by atoms with Gasteiger partial charge in [0.2, 0.25) is 11.6 Å².